The molecule has 0 radical (unpaired) electrons. The van der Waals surface area contributed by atoms with Crippen LogP contribution in [0.3, 0.4) is 0 Å². The van der Waals surface area contributed by atoms with Crippen LogP contribution in [0, 0.1) is 17.8 Å². The first kappa shape index (κ1) is 17.5. The number of ketones is 1. The molecular formula is C20H26N2O4. The Hall–Kier alpha value is -1.92. The third-order valence-electron chi connectivity index (χ3n) is 6.99. The summed E-state index contributed by atoms with van der Waals surface area (Å²) < 4.78 is 0. The van der Waals surface area contributed by atoms with Crippen LogP contribution in [0.15, 0.2) is 24.3 Å². The van der Waals surface area contributed by atoms with Crippen molar-refractivity contribution in [2.45, 2.75) is 44.5 Å². The van der Waals surface area contributed by atoms with E-state index in [-0.39, 0.29) is 29.9 Å². The molecule has 1 aromatic rings. The van der Waals surface area contributed by atoms with Gasteiger partial charge in [-0.3, -0.25) is 14.5 Å². The van der Waals surface area contributed by atoms with Gasteiger partial charge in [-0.1, -0.05) is 18.6 Å². The lowest BCUT2D eigenvalue weighted by Crippen LogP contribution is -2.53. The Labute approximate surface area is 153 Å². The van der Waals surface area contributed by atoms with Crippen LogP contribution in [-0.2, 0) is 4.79 Å². The molecule has 0 spiro atoms. The molecule has 5 atom stereocenters. The van der Waals surface area contributed by atoms with Crippen LogP contribution in [0.25, 0.3) is 0 Å². The second-order valence-electron chi connectivity index (χ2n) is 8.29. The van der Waals surface area contributed by atoms with E-state index in [1.807, 2.05) is 6.92 Å². The molecule has 2 bridgehead atoms. The predicted octanol–water partition coefficient (Wildman–Crippen LogP) is 1.82. The van der Waals surface area contributed by atoms with Gasteiger partial charge >= 0.3 is 0 Å². The summed E-state index contributed by atoms with van der Waals surface area (Å²) in [4.78, 5) is 28.9. The van der Waals surface area contributed by atoms with Gasteiger partial charge in [-0.25, -0.2) is 4.90 Å². The number of fused-ring (bicyclic) bond motifs is 2. The lowest BCUT2D eigenvalue weighted by atomic mass is 9.74. The van der Waals surface area contributed by atoms with Crippen LogP contribution >= 0.6 is 0 Å². The summed E-state index contributed by atoms with van der Waals surface area (Å²) in [6.45, 7) is 1.73. The molecule has 4 rings (SSSR count). The maximum Gasteiger partial charge on any atom is 0.246 e. The molecule has 2 unspecified atom stereocenters. The van der Waals surface area contributed by atoms with Crippen molar-refractivity contribution in [3.05, 3.63) is 29.8 Å². The lowest BCUT2D eigenvalue weighted by molar-refractivity contribution is -0.137. The Balaban J connectivity index is 1.56. The number of hydrogen-bond acceptors (Lipinski definition) is 5. The molecule has 1 aliphatic heterocycles. The number of aromatic hydroxyl groups is 1. The minimum atomic E-state index is -1.10. The fraction of sp³-hybridized carbons (Fsp3) is 0.600. The standard InChI is InChI=1S/C20H26N2O4/c1-20(16-9-12-6-7-13(16)8-12)18(25)22(19(26)21(20)2)11-17(24)14-4-3-5-15(23)10-14/h3-5,10,12-13,16,19,23,26H,6-9,11H2,1-2H3/t12-,13+,16-,19?,20?/m1/s1. The monoisotopic (exact) mass is 358 g/mol. The molecule has 2 N–H and O–H groups in total. The van der Waals surface area contributed by atoms with E-state index in [9.17, 15) is 19.8 Å². The van der Waals surface area contributed by atoms with Gasteiger partial charge in [0.1, 0.15) is 11.3 Å². The summed E-state index contributed by atoms with van der Waals surface area (Å²) in [7, 11) is 1.77. The van der Waals surface area contributed by atoms with Crippen molar-refractivity contribution < 1.29 is 19.8 Å². The van der Waals surface area contributed by atoms with E-state index in [4.69, 9.17) is 0 Å². The van der Waals surface area contributed by atoms with Gasteiger partial charge in [0.05, 0.1) is 6.54 Å². The molecule has 1 saturated heterocycles. The minimum Gasteiger partial charge on any atom is -0.508 e. The second-order valence-corrected chi connectivity index (χ2v) is 8.29. The van der Waals surface area contributed by atoms with Crippen molar-refractivity contribution in [1.29, 1.82) is 0 Å². The van der Waals surface area contributed by atoms with Crippen molar-refractivity contribution in [2.24, 2.45) is 17.8 Å². The Bertz CT molecular complexity index is 751. The highest BCUT2D eigenvalue weighted by atomic mass is 16.3. The maximum atomic E-state index is 13.3. The summed E-state index contributed by atoms with van der Waals surface area (Å²) in [5.41, 5.74) is -0.431. The number of nitrogens with zero attached hydrogens (tertiary/aromatic N) is 2. The Morgan fingerprint density at radius 1 is 1.31 bits per heavy atom. The highest BCUT2D eigenvalue weighted by Gasteiger charge is 2.61. The van der Waals surface area contributed by atoms with E-state index in [0.717, 1.165) is 12.8 Å². The number of carbonyl (C=O) groups is 2. The van der Waals surface area contributed by atoms with Crippen molar-refractivity contribution in [3.8, 4) is 5.75 Å². The van der Waals surface area contributed by atoms with E-state index >= 15 is 0 Å². The zero-order chi connectivity index (χ0) is 18.6. The van der Waals surface area contributed by atoms with E-state index in [2.05, 4.69) is 0 Å². The van der Waals surface area contributed by atoms with Gasteiger partial charge in [-0.05, 0) is 63.1 Å². The van der Waals surface area contributed by atoms with Crippen molar-refractivity contribution in [2.75, 3.05) is 13.6 Å². The Kier molecular flexibility index (Phi) is 4.08. The fourth-order valence-corrected chi connectivity index (χ4v) is 5.43. The Morgan fingerprint density at radius 2 is 2.08 bits per heavy atom. The molecule has 1 amide bonds. The average molecular weight is 358 g/mol. The van der Waals surface area contributed by atoms with Gasteiger partial charge in [0, 0.05) is 5.56 Å². The fourth-order valence-electron chi connectivity index (χ4n) is 5.43. The summed E-state index contributed by atoms with van der Waals surface area (Å²) in [6.07, 6.45) is 3.51. The summed E-state index contributed by atoms with van der Waals surface area (Å²) in [5, 5.41) is 20.2. The van der Waals surface area contributed by atoms with Gasteiger partial charge < -0.3 is 10.2 Å². The van der Waals surface area contributed by atoms with Crippen LogP contribution in [0.2, 0.25) is 0 Å². The maximum absolute atomic E-state index is 13.3. The summed E-state index contributed by atoms with van der Waals surface area (Å²) in [6, 6.07) is 6.07. The number of carbonyl (C=O) groups excluding carboxylic acids is 2. The van der Waals surface area contributed by atoms with Crippen LogP contribution in [0.4, 0.5) is 0 Å². The third-order valence-corrected chi connectivity index (χ3v) is 6.99. The summed E-state index contributed by atoms with van der Waals surface area (Å²) in [5.74, 6) is 1.01. The van der Waals surface area contributed by atoms with E-state index in [0.29, 0.717) is 17.4 Å². The number of aliphatic hydroxyl groups is 1. The van der Waals surface area contributed by atoms with Crippen LogP contribution in [0.1, 0.15) is 43.0 Å². The van der Waals surface area contributed by atoms with Crippen LogP contribution in [0.5, 0.6) is 5.75 Å². The molecular weight excluding hydrogens is 332 g/mol. The minimum absolute atomic E-state index is 0.00749. The number of phenolic OH excluding ortho intramolecular Hbond substituents is 1. The van der Waals surface area contributed by atoms with E-state index in [1.165, 1.54) is 29.9 Å². The number of Topliss-reactive ketones (excluding diaryl/α,β-unsaturated/α-hetero) is 1. The van der Waals surface area contributed by atoms with Crippen LogP contribution in [-0.4, -0.2) is 57.2 Å². The number of hydrogen-bond donors (Lipinski definition) is 2. The first-order chi connectivity index (χ1) is 12.3. The highest BCUT2D eigenvalue weighted by molar-refractivity contribution is 6.01. The number of aliphatic hydroxyl groups excluding tert-OH is 1. The molecule has 3 aliphatic rings. The number of likely N-dealkylation sites (N-methyl/N-ethyl adjacent to an activating group) is 1. The zero-order valence-corrected chi connectivity index (χ0v) is 15.3. The van der Waals surface area contributed by atoms with Gasteiger partial charge in [0.15, 0.2) is 12.1 Å². The molecule has 6 nitrogen and oxygen atoms in total. The Morgan fingerprint density at radius 3 is 2.69 bits per heavy atom. The van der Waals surface area contributed by atoms with E-state index < -0.39 is 11.9 Å². The van der Waals surface area contributed by atoms with Crippen molar-refractivity contribution >= 4 is 11.7 Å². The third kappa shape index (κ3) is 2.47. The molecule has 2 saturated carbocycles. The first-order valence-electron chi connectivity index (χ1n) is 9.36. The molecule has 1 aromatic carbocycles. The average Bonchev–Trinajstić information content (AvgIpc) is 3.30. The number of amides is 1. The molecule has 6 heteroatoms. The van der Waals surface area contributed by atoms with Gasteiger partial charge in [0.25, 0.3) is 0 Å². The van der Waals surface area contributed by atoms with E-state index in [1.54, 1.807) is 24.1 Å². The molecule has 1 heterocycles. The smallest absolute Gasteiger partial charge is 0.246 e. The second kappa shape index (κ2) is 6.06. The van der Waals surface area contributed by atoms with Gasteiger partial charge in [-0.2, -0.15) is 0 Å². The molecule has 0 aromatic heterocycles. The summed E-state index contributed by atoms with van der Waals surface area (Å²) >= 11 is 0. The number of phenols is 1. The predicted molar refractivity (Wildman–Crippen MR) is 95.3 cm³/mol. The molecule has 2 aliphatic carbocycles. The number of rotatable bonds is 4. The van der Waals surface area contributed by atoms with Crippen LogP contribution < -0.4 is 0 Å². The topological polar surface area (TPSA) is 81.1 Å². The molecule has 26 heavy (non-hydrogen) atoms. The lowest BCUT2D eigenvalue weighted by Gasteiger charge is -2.39. The largest absolute Gasteiger partial charge is 0.508 e. The molecule has 140 valence electrons. The first-order valence-corrected chi connectivity index (χ1v) is 9.36. The van der Waals surface area contributed by atoms with Crippen molar-refractivity contribution in [1.82, 2.24) is 9.80 Å². The zero-order valence-electron chi connectivity index (χ0n) is 15.3. The van der Waals surface area contributed by atoms with Crippen molar-refractivity contribution in [3.63, 3.8) is 0 Å². The van der Waals surface area contributed by atoms with Gasteiger partial charge in [0.2, 0.25) is 5.91 Å². The van der Waals surface area contributed by atoms with Gasteiger partial charge in [-0.15, -0.1) is 0 Å². The molecule has 3 fully saturated rings. The quantitative estimate of drug-likeness (QED) is 0.803. The highest BCUT2D eigenvalue weighted by Crippen LogP contribution is 2.55. The number of benzene rings is 1. The SMILES string of the molecule is CN1C(O)N(CC(=O)c2cccc(O)c2)C(=O)C1(C)[C@@H]1C[C@@H]2CC[C@H]1C2. The normalized spacial score (nSPS) is 36.9.